The number of nitrogens with zero attached hydrogens (tertiary/aromatic N) is 2. The van der Waals surface area contributed by atoms with Gasteiger partial charge in [-0.05, 0) is 38.5 Å². The summed E-state index contributed by atoms with van der Waals surface area (Å²) >= 11 is 0. The molecule has 0 amide bonds. The molecule has 0 atom stereocenters. The van der Waals surface area contributed by atoms with E-state index >= 15 is 0 Å². The molecule has 112 valence electrons. The van der Waals surface area contributed by atoms with E-state index in [1.807, 2.05) is 33.0 Å². The zero-order valence-electron chi connectivity index (χ0n) is 13.1. The van der Waals surface area contributed by atoms with Crippen LogP contribution < -0.4 is 15.4 Å². The standard InChI is InChI=1S/C17H23N3O/c1-12(2)21-17-15(18)9-10-16(19-17)20(4)11-14-7-5-13(3)6-8-14/h5-10,12H,11,18H2,1-4H3. The molecule has 1 heterocycles. The van der Waals surface area contributed by atoms with Gasteiger partial charge in [0.2, 0.25) is 5.88 Å². The normalized spacial score (nSPS) is 10.7. The molecule has 2 N–H and O–H groups in total. The summed E-state index contributed by atoms with van der Waals surface area (Å²) in [4.78, 5) is 6.59. The van der Waals surface area contributed by atoms with E-state index in [0.29, 0.717) is 11.6 Å². The fourth-order valence-electron chi connectivity index (χ4n) is 2.02. The topological polar surface area (TPSA) is 51.4 Å². The molecule has 0 unspecified atom stereocenters. The lowest BCUT2D eigenvalue weighted by Crippen LogP contribution is -2.18. The number of hydrogen-bond acceptors (Lipinski definition) is 4. The third kappa shape index (κ3) is 4.12. The quantitative estimate of drug-likeness (QED) is 0.915. The number of benzene rings is 1. The molecule has 0 aliphatic rings. The third-order valence-electron chi connectivity index (χ3n) is 3.15. The smallest absolute Gasteiger partial charge is 0.239 e. The molecule has 0 aliphatic heterocycles. The van der Waals surface area contributed by atoms with Crippen molar-refractivity contribution in [3.05, 3.63) is 47.5 Å². The second kappa shape index (κ2) is 6.48. The van der Waals surface area contributed by atoms with E-state index in [2.05, 4.69) is 41.1 Å². The lowest BCUT2D eigenvalue weighted by Gasteiger charge is -2.20. The number of aromatic nitrogens is 1. The van der Waals surface area contributed by atoms with Gasteiger partial charge in [0.1, 0.15) is 5.82 Å². The fraction of sp³-hybridized carbons (Fsp3) is 0.353. The lowest BCUT2D eigenvalue weighted by atomic mass is 10.1. The van der Waals surface area contributed by atoms with Gasteiger partial charge in [-0.3, -0.25) is 0 Å². The summed E-state index contributed by atoms with van der Waals surface area (Å²) in [5.74, 6) is 1.35. The molecule has 0 fully saturated rings. The van der Waals surface area contributed by atoms with Gasteiger partial charge in [-0.2, -0.15) is 4.98 Å². The average molecular weight is 285 g/mol. The first-order valence-electron chi connectivity index (χ1n) is 7.15. The number of anilines is 2. The summed E-state index contributed by atoms with van der Waals surface area (Å²) in [6, 6.07) is 12.3. The molecule has 1 aromatic heterocycles. The van der Waals surface area contributed by atoms with Crippen LogP contribution in [0.1, 0.15) is 25.0 Å². The lowest BCUT2D eigenvalue weighted by molar-refractivity contribution is 0.234. The maximum absolute atomic E-state index is 5.90. The zero-order chi connectivity index (χ0) is 15.4. The molecular formula is C17H23N3O. The molecule has 0 spiro atoms. The van der Waals surface area contributed by atoms with Gasteiger partial charge in [0, 0.05) is 13.6 Å². The summed E-state index contributed by atoms with van der Waals surface area (Å²) < 4.78 is 5.64. The largest absolute Gasteiger partial charge is 0.473 e. The molecule has 0 saturated heterocycles. The van der Waals surface area contributed by atoms with Crippen molar-refractivity contribution in [2.45, 2.75) is 33.4 Å². The highest BCUT2D eigenvalue weighted by Crippen LogP contribution is 2.24. The van der Waals surface area contributed by atoms with E-state index in [4.69, 9.17) is 10.5 Å². The zero-order valence-corrected chi connectivity index (χ0v) is 13.1. The summed E-state index contributed by atoms with van der Waals surface area (Å²) in [6.45, 7) is 6.80. The van der Waals surface area contributed by atoms with Crippen molar-refractivity contribution in [3.8, 4) is 5.88 Å². The Kier molecular flexibility index (Phi) is 4.68. The van der Waals surface area contributed by atoms with Crippen LogP contribution in [-0.2, 0) is 6.54 Å². The van der Waals surface area contributed by atoms with Gasteiger partial charge in [0.15, 0.2) is 0 Å². The van der Waals surface area contributed by atoms with Gasteiger partial charge in [-0.15, -0.1) is 0 Å². The van der Waals surface area contributed by atoms with Gasteiger partial charge in [-0.1, -0.05) is 29.8 Å². The SMILES string of the molecule is Cc1ccc(CN(C)c2ccc(N)c(OC(C)C)n2)cc1. The summed E-state index contributed by atoms with van der Waals surface area (Å²) in [5, 5.41) is 0. The first-order valence-corrected chi connectivity index (χ1v) is 7.15. The minimum Gasteiger partial charge on any atom is -0.473 e. The van der Waals surface area contributed by atoms with Crippen molar-refractivity contribution in [2.24, 2.45) is 0 Å². The van der Waals surface area contributed by atoms with E-state index < -0.39 is 0 Å². The number of nitrogen functional groups attached to an aromatic ring is 1. The predicted molar refractivity (Wildman–Crippen MR) is 87.7 cm³/mol. The highest BCUT2D eigenvalue weighted by Gasteiger charge is 2.09. The number of rotatable bonds is 5. The van der Waals surface area contributed by atoms with Crippen molar-refractivity contribution >= 4 is 11.5 Å². The average Bonchev–Trinajstić information content (AvgIpc) is 2.43. The highest BCUT2D eigenvalue weighted by molar-refractivity contribution is 5.54. The molecule has 21 heavy (non-hydrogen) atoms. The van der Waals surface area contributed by atoms with Crippen LogP contribution in [0.5, 0.6) is 5.88 Å². The molecule has 0 bridgehead atoms. The number of ether oxygens (including phenoxy) is 1. The van der Waals surface area contributed by atoms with E-state index in [1.54, 1.807) is 0 Å². The highest BCUT2D eigenvalue weighted by atomic mass is 16.5. The van der Waals surface area contributed by atoms with Crippen molar-refractivity contribution in [2.75, 3.05) is 17.7 Å². The van der Waals surface area contributed by atoms with Crippen molar-refractivity contribution in [1.29, 1.82) is 0 Å². The van der Waals surface area contributed by atoms with Gasteiger partial charge >= 0.3 is 0 Å². The minimum absolute atomic E-state index is 0.0532. The number of hydrogen-bond donors (Lipinski definition) is 1. The van der Waals surface area contributed by atoms with Gasteiger partial charge in [0.05, 0.1) is 11.8 Å². The Morgan fingerprint density at radius 1 is 1.14 bits per heavy atom. The van der Waals surface area contributed by atoms with Gasteiger partial charge < -0.3 is 15.4 Å². The van der Waals surface area contributed by atoms with Crippen molar-refractivity contribution in [1.82, 2.24) is 4.98 Å². The van der Waals surface area contributed by atoms with E-state index in [9.17, 15) is 0 Å². The fourth-order valence-corrected chi connectivity index (χ4v) is 2.02. The van der Waals surface area contributed by atoms with E-state index in [-0.39, 0.29) is 6.10 Å². The predicted octanol–water partition coefficient (Wildman–Crippen LogP) is 3.40. The maximum atomic E-state index is 5.90. The molecule has 0 radical (unpaired) electrons. The van der Waals surface area contributed by atoms with Gasteiger partial charge in [-0.25, -0.2) is 0 Å². The molecule has 4 heteroatoms. The molecule has 1 aromatic carbocycles. The van der Waals surface area contributed by atoms with Crippen LogP contribution >= 0.6 is 0 Å². The Hall–Kier alpha value is -2.23. The Morgan fingerprint density at radius 3 is 2.43 bits per heavy atom. The second-order valence-electron chi connectivity index (χ2n) is 5.57. The number of aryl methyl sites for hydroxylation is 1. The van der Waals surface area contributed by atoms with Crippen LogP contribution in [0.15, 0.2) is 36.4 Å². The van der Waals surface area contributed by atoms with Crippen LogP contribution in [0.25, 0.3) is 0 Å². The molecular weight excluding hydrogens is 262 g/mol. The Balaban J connectivity index is 2.15. The van der Waals surface area contributed by atoms with Crippen molar-refractivity contribution in [3.63, 3.8) is 0 Å². The molecule has 4 nitrogen and oxygen atoms in total. The van der Waals surface area contributed by atoms with Gasteiger partial charge in [0.25, 0.3) is 0 Å². The molecule has 0 aliphatic carbocycles. The molecule has 0 saturated carbocycles. The van der Waals surface area contributed by atoms with Crippen LogP contribution in [0.3, 0.4) is 0 Å². The maximum Gasteiger partial charge on any atom is 0.239 e. The number of pyridine rings is 1. The first-order chi connectivity index (χ1) is 9.95. The molecule has 2 rings (SSSR count). The van der Waals surface area contributed by atoms with E-state index in [0.717, 1.165) is 12.4 Å². The van der Waals surface area contributed by atoms with Crippen LogP contribution in [-0.4, -0.2) is 18.1 Å². The van der Waals surface area contributed by atoms with Crippen LogP contribution in [0, 0.1) is 6.92 Å². The summed E-state index contributed by atoms with van der Waals surface area (Å²) in [5.41, 5.74) is 8.97. The summed E-state index contributed by atoms with van der Waals surface area (Å²) in [6.07, 6.45) is 0.0532. The number of nitrogens with two attached hydrogens (primary N) is 1. The first kappa shape index (κ1) is 15.2. The van der Waals surface area contributed by atoms with Crippen molar-refractivity contribution < 1.29 is 4.74 Å². The van der Waals surface area contributed by atoms with E-state index in [1.165, 1.54) is 11.1 Å². The Labute approximate surface area is 126 Å². The monoisotopic (exact) mass is 285 g/mol. The Bertz CT molecular complexity index is 593. The summed E-state index contributed by atoms with van der Waals surface area (Å²) in [7, 11) is 2.01. The molecule has 2 aromatic rings. The third-order valence-corrected chi connectivity index (χ3v) is 3.15. The Morgan fingerprint density at radius 2 is 1.81 bits per heavy atom. The minimum atomic E-state index is 0.0532. The van der Waals surface area contributed by atoms with Crippen LogP contribution in [0.2, 0.25) is 0 Å². The van der Waals surface area contributed by atoms with Crippen LogP contribution in [0.4, 0.5) is 11.5 Å². The second-order valence-corrected chi connectivity index (χ2v) is 5.57.